The molecule has 0 heterocycles. The fourth-order valence-corrected chi connectivity index (χ4v) is 2.16. The molecule has 0 spiro atoms. The quantitative estimate of drug-likeness (QED) is 0.629. The highest BCUT2D eigenvalue weighted by Gasteiger charge is 2.31. The third kappa shape index (κ3) is 4.15. The molecule has 0 aliphatic heterocycles. The van der Waals surface area contributed by atoms with E-state index in [0.717, 1.165) is 6.04 Å². The molecule has 1 fully saturated rings. The van der Waals surface area contributed by atoms with Crippen molar-refractivity contribution in [1.29, 1.82) is 0 Å². The molecule has 0 atom stereocenters. The number of rotatable bonds is 4. The van der Waals surface area contributed by atoms with Crippen LogP contribution in [-0.4, -0.2) is 19.4 Å². The molecular weight excluding hydrogens is 145 g/mol. The van der Waals surface area contributed by atoms with Crippen LogP contribution in [0.1, 0.15) is 47.0 Å². The second kappa shape index (κ2) is 3.06. The highest BCUT2D eigenvalue weighted by atomic mass is 15.0. The summed E-state index contributed by atoms with van der Waals surface area (Å²) in [5.41, 5.74) is 0.319. The van der Waals surface area contributed by atoms with Crippen molar-refractivity contribution in [3.05, 3.63) is 0 Å². The molecule has 0 aromatic carbocycles. The van der Waals surface area contributed by atoms with Gasteiger partial charge in [-0.15, -0.1) is 0 Å². The van der Waals surface area contributed by atoms with E-state index in [9.17, 15) is 0 Å². The van der Waals surface area contributed by atoms with Gasteiger partial charge in [0.05, 0.1) is 0 Å². The predicted molar refractivity (Wildman–Crippen MR) is 57.4 cm³/mol. The third-order valence-corrected chi connectivity index (χ3v) is 2.14. The monoisotopic (exact) mass is 167 g/mol. The molecule has 0 saturated heterocycles. The second-order valence-electron chi connectivity index (χ2n) is 6.04. The molecule has 12 heavy (non-hydrogen) atoms. The first-order valence-corrected chi connectivity index (χ1v) is 5.06. The summed E-state index contributed by atoms with van der Waals surface area (Å²) < 4.78 is 0. The van der Waals surface area contributed by atoms with Gasteiger partial charge in [-0.2, -0.15) is 0 Å². The van der Waals surface area contributed by atoms with Crippen molar-refractivity contribution in [3.63, 3.8) is 0 Å². The lowest BCUT2D eigenvalue weighted by Crippen LogP contribution is -2.42. The third-order valence-electron chi connectivity index (χ3n) is 2.14. The minimum atomic E-state index is 0.319. The summed E-state index contributed by atoms with van der Waals surface area (Å²) in [5, 5.41) is 4.12. The van der Waals surface area contributed by atoms with E-state index in [1.54, 1.807) is 0 Å². The van der Waals surface area contributed by atoms with Gasteiger partial charge >= 0.3 is 0 Å². The molecule has 1 aliphatic carbocycles. The van der Waals surface area contributed by atoms with Gasteiger partial charge < -0.3 is 5.32 Å². The van der Waals surface area contributed by atoms with E-state index in [2.05, 4.69) is 40.9 Å². The highest BCUT2D eigenvalue weighted by Crippen LogP contribution is 2.33. The second-order valence-corrected chi connectivity index (χ2v) is 6.04. The van der Waals surface area contributed by atoms with Gasteiger partial charge in [-0.05, 0) is 33.1 Å². The van der Waals surface area contributed by atoms with Crippen LogP contribution in [0.3, 0.4) is 0 Å². The highest BCUT2D eigenvalue weighted by molar-refractivity contribution is 6.14. The fraction of sp³-hybridized carbons (Fsp3) is 1.00. The average Bonchev–Trinajstić information content (AvgIpc) is 2.39. The molecule has 0 unspecified atom stereocenters. The molecule has 0 amide bonds. The number of nitrogens with one attached hydrogen (secondary N) is 1. The van der Waals surface area contributed by atoms with Crippen LogP contribution in [0.15, 0.2) is 0 Å². The lowest BCUT2D eigenvalue weighted by Gasteiger charge is -2.33. The summed E-state index contributed by atoms with van der Waals surface area (Å²) in [6.45, 7) is 9.25. The van der Waals surface area contributed by atoms with Crippen LogP contribution in [-0.2, 0) is 0 Å². The summed E-state index contributed by atoms with van der Waals surface area (Å²) in [4.78, 5) is 0. The standard InChI is InChI=1S/C10H22BN/c1-9(2,11)7-10(3,4)12-8-5-6-8/h8,12H,5-7,11H2,1-4H3. The fourth-order valence-electron chi connectivity index (χ4n) is 2.16. The molecule has 0 aromatic heterocycles. The summed E-state index contributed by atoms with van der Waals surface area (Å²) in [6.07, 6.45) is 4.01. The molecular formula is C10H22BN. The molecule has 70 valence electrons. The molecule has 1 aliphatic rings. The van der Waals surface area contributed by atoms with Crippen LogP contribution in [0.25, 0.3) is 0 Å². The molecule has 2 heteroatoms. The van der Waals surface area contributed by atoms with E-state index in [1.807, 2.05) is 0 Å². The first-order valence-electron chi connectivity index (χ1n) is 5.06. The summed E-state index contributed by atoms with van der Waals surface area (Å²) in [5.74, 6) is 0. The van der Waals surface area contributed by atoms with E-state index >= 15 is 0 Å². The first-order chi connectivity index (χ1) is 5.29. The maximum Gasteiger partial charge on any atom is 0.108 e. The Morgan fingerprint density at radius 2 is 1.75 bits per heavy atom. The Balaban J connectivity index is 2.35. The van der Waals surface area contributed by atoms with Crippen molar-refractivity contribution in [2.75, 3.05) is 0 Å². The van der Waals surface area contributed by atoms with Crippen LogP contribution in [0.2, 0.25) is 5.31 Å². The lowest BCUT2D eigenvalue weighted by atomic mass is 9.66. The zero-order valence-corrected chi connectivity index (χ0v) is 9.20. The SMILES string of the molecule is BC(C)(C)CC(C)(C)NC1CC1. The summed E-state index contributed by atoms with van der Waals surface area (Å²) in [6, 6.07) is 0.822. The molecule has 1 N–H and O–H groups in total. The van der Waals surface area contributed by atoms with Crippen molar-refractivity contribution in [1.82, 2.24) is 5.32 Å². The van der Waals surface area contributed by atoms with Crippen molar-refractivity contribution in [3.8, 4) is 0 Å². The smallest absolute Gasteiger partial charge is 0.108 e. The van der Waals surface area contributed by atoms with E-state index in [-0.39, 0.29) is 0 Å². The van der Waals surface area contributed by atoms with Crippen LogP contribution in [0.4, 0.5) is 0 Å². The van der Waals surface area contributed by atoms with Gasteiger partial charge in [0, 0.05) is 11.6 Å². The maximum atomic E-state index is 3.69. The van der Waals surface area contributed by atoms with Gasteiger partial charge in [0.25, 0.3) is 0 Å². The van der Waals surface area contributed by atoms with E-state index < -0.39 is 0 Å². The Labute approximate surface area is 77.7 Å². The zero-order valence-electron chi connectivity index (χ0n) is 9.20. The Morgan fingerprint density at radius 3 is 2.08 bits per heavy atom. The Hall–Kier alpha value is 0.0249. The van der Waals surface area contributed by atoms with Gasteiger partial charge in [-0.25, -0.2) is 0 Å². The Kier molecular flexibility index (Phi) is 2.58. The minimum absolute atomic E-state index is 0.319. The van der Waals surface area contributed by atoms with Gasteiger partial charge in [0.15, 0.2) is 0 Å². The van der Waals surface area contributed by atoms with Crippen molar-refractivity contribution < 1.29 is 0 Å². The average molecular weight is 167 g/mol. The maximum absolute atomic E-state index is 3.69. The van der Waals surface area contributed by atoms with E-state index in [0.29, 0.717) is 10.9 Å². The van der Waals surface area contributed by atoms with Crippen molar-refractivity contribution in [2.24, 2.45) is 0 Å². The van der Waals surface area contributed by atoms with E-state index in [1.165, 1.54) is 19.3 Å². The van der Waals surface area contributed by atoms with Gasteiger partial charge in [-0.1, -0.05) is 19.2 Å². The van der Waals surface area contributed by atoms with Crippen LogP contribution in [0, 0.1) is 0 Å². The molecule has 1 rings (SSSR count). The number of hydrogen-bond donors (Lipinski definition) is 1. The molecule has 0 aromatic rings. The minimum Gasteiger partial charge on any atom is -0.309 e. The number of hydrogen-bond acceptors (Lipinski definition) is 1. The van der Waals surface area contributed by atoms with Crippen LogP contribution in [0.5, 0.6) is 0 Å². The summed E-state index contributed by atoms with van der Waals surface area (Å²) >= 11 is 0. The molecule has 1 saturated carbocycles. The zero-order chi connectivity index (χ0) is 9.41. The predicted octanol–water partition coefficient (Wildman–Crippen LogP) is 1.74. The topological polar surface area (TPSA) is 12.0 Å². The Morgan fingerprint density at radius 1 is 1.25 bits per heavy atom. The molecule has 0 bridgehead atoms. The normalized spacial score (nSPS) is 19.7. The first kappa shape index (κ1) is 10.1. The molecule has 0 radical (unpaired) electrons. The van der Waals surface area contributed by atoms with Crippen LogP contribution >= 0.6 is 0 Å². The summed E-state index contributed by atoms with van der Waals surface area (Å²) in [7, 11) is 2.31. The van der Waals surface area contributed by atoms with Gasteiger partial charge in [0.2, 0.25) is 0 Å². The van der Waals surface area contributed by atoms with E-state index in [4.69, 9.17) is 0 Å². The Bertz CT molecular complexity index is 154. The largest absolute Gasteiger partial charge is 0.309 e. The van der Waals surface area contributed by atoms with Crippen LogP contribution < -0.4 is 5.32 Å². The van der Waals surface area contributed by atoms with Crippen molar-refractivity contribution in [2.45, 2.75) is 63.9 Å². The molecule has 1 nitrogen and oxygen atoms in total. The van der Waals surface area contributed by atoms with Gasteiger partial charge in [0.1, 0.15) is 7.85 Å². The lowest BCUT2D eigenvalue weighted by molar-refractivity contribution is 0.323. The van der Waals surface area contributed by atoms with Crippen molar-refractivity contribution >= 4 is 7.85 Å². The van der Waals surface area contributed by atoms with Gasteiger partial charge in [-0.3, -0.25) is 0 Å².